The minimum Gasteiger partial charge on any atom is -0.462 e. The van der Waals surface area contributed by atoms with Gasteiger partial charge >= 0.3 is 5.97 Å². The molecule has 18 heavy (non-hydrogen) atoms. The number of esters is 1. The maximum atomic E-state index is 13.6. The van der Waals surface area contributed by atoms with Gasteiger partial charge in [-0.2, -0.15) is 0 Å². The maximum absolute atomic E-state index is 13.6. The molecule has 1 aromatic carbocycles. The van der Waals surface area contributed by atoms with Gasteiger partial charge < -0.3 is 10.5 Å². The first-order valence-corrected chi connectivity index (χ1v) is 5.61. The lowest BCUT2D eigenvalue weighted by Crippen LogP contribution is -2.23. The number of halogens is 2. The summed E-state index contributed by atoms with van der Waals surface area (Å²) in [6, 6.07) is 0. The van der Waals surface area contributed by atoms with Crippen molar-refractivity contribution in [3.63, 3.8) is 0 Å². The summed E-state index contributed by atoms with van der Waals surface area (Å²) in [4.78, 5) is 11.4. The zero-order chi connectivity index (χ0) is 14.5. The lowest BCUT2D eigenvalue weighted by Gasteiger charge is -2.12. The Hall–Kier alpha value is -1.59. The van der Waals surface area contributed by atoms with Gasteiger partial charge in [0.05, 0.1) is 12.3 Å². The topological polar surface area (TPSA) is 52.3 Å². The summed E-state index contributed by atoms with van der Waals surface area (Å²) >= 11 is 0. The molecule has 0 spiro atoms. The third-order valence-corrected chi connectivity index (χ3v) is 2.17. The first kappa shape index (κ1) is 16.4. The van der Waals surface area contributed by atoms with Gasteiger partial charge in [-0.25, -0.2) is 13.6 Å². The highest BCUT2D eigenvalue weighted by atomic mass is 19.1. The number of anilines is 1. The molecule has 0 unspecified atom stereocenters. The molecule has 0 aromatic heterocycles. The average Bonchev–Trinajstić information content (AvgIpc) is 2.37. The van der Waals surface area contributed by atoms with Crippen LogP contribution in [0, 0.1) is 18.6 Å². The Bertz CT molecular complexity index is 421. The highest BCUT2D eigenvalue weighted by Gasteiger charge is 2.23. The van der Waals surface area contributed by atoms with Gasteiger partial charge in [0, 0.05) is 0 Å². The van der Waals surface area contributed by atoms with Crippen molar-refractivity contribution in [3.8, 4) is 0 Å². The summed E-state index contributed by atoms with van der Waals surface area (Å²) in [7, 11) is 5.28. The Kier molecular flexibility index (Phi) is 6.37. The molecule has 0 atom stereocenters. The Labute approximate surface area is 107 Å². The van der Waals surface area contributed by atoms with Crippen molar-refractivity contribution in [3.05, 3.63) is 22.8 Å². The second-order valence-corrected chi connectivity index (χ2v) is 3.18. The summed E-state index contributed by atoms with van der Waals surface area (Å²) in [5, 5.41) is 0. The van der Waals surface area contributed by atoms with E-state index in [0.717, 1.165) is 0 Å². The van der Waals surface area contributed by atoms with E-state index in [1.165, 1.54) is 6.92 Å². The van der Waals surface area contributed by atoms with Crippen LogP contribution in [-0.2, 0) is 4.74 Å². The number of nitrogen functional groups attached to an aromatic ring is 1. The lowest BCUT2D eigenvalue weighted by molar-refractivity contribution is 0.0521. The van der Waals surface area contributed by atoms with Crippen molar-refractivity contribution >= 4 is 25.0 Å². The van der Waals surface area contributed by atoms with Gasteiger partial charge in [0.2, 0.25) is 0 Å². The number of rotatable bonds is 2. The number of hydrogen-bond acceptors (Lipinski definition) is 3. The van der Waals surface area contributed by atoms with Gasteiger partial charge in [-0.1, -0.05) is 19.3 Å². The van der Waals surface area contributed by atoms with Crippen molar-refractivity contribution in [2.24, 2.45) is 0 Å². The maximum Gasteiger partial charge on any atom is 0.343 e. The molecular weight excluding hydrogens is 239 g/mol. The number of carbonyl (C=O) groups excluding carboxylic acids is 1. The highest BCUT2D eigenvalue weighted by Crippen LogP contribution is 2.22. The smallest absolute Gasteiger partial charge is 0.343 e. The van der Waals surface area contributed by atoms with Crippen LogP contribution < -0.4 is 11.2 Å². The second kappa shape index (κ2) is 6.98. The molecule has 0 aliphatic heterocycles. The van der Waals surface area contributed by atoms with Crippen LogP contribution in [0.1, 0.15) is 36.7 Å². The highest BCUT2D eigenvalue weighted by molar-refractivity contribution is 6.34. The first-order chi connectivity index (χ1) is 8.41. The molecule has 2 N–H and O–H groups in total. The second-order valence-electron chi connectivity index (χ2n) is 3.18. The van der Waals surface area contributed by atoms with E-state index in [9.17, 15) is 13.6 Å². The van der Waals surface area contributed by atoms with Crippen LogP contribution in [0.5, 0.6) is 0 Å². The monoisotopic (exact) mass is 255 g/mol. The third-order valence-electron chi connectivity index (χ3n) is 2.17. The molecule has 0 saturated heterocycles. The minimum absolute atomic E-state index is 0.0444. The van der Waals surface area contributed by atoms with Crippen LogP contribution in [0.2, 0.25) is 0 Å². The van der Waals surface area contributed by atoms with Crippen molar-refractivity contribution in [2.45, 2.75) is 27.7 Å². The number of benzene rings is 1. The molecule has 1 aromatic rings. The van der Waals surface area contributed by atoms with E-state index in [2.05, 4.69) is 4.74 Å². The zero-order valence-electron chi connectivity index (χ0n) is 10.9. The fraction of sp³-hybridized carbons (Fsp3) is 0.417. The van der Waals surface area contributed by atoms with E-state index >= 15 is 0 Å². The molecule has 0 amide bonds. The summed E-state index contributed by atoms with van der Waals surface area (Å²) in [5.74, 6) is -2.95. The molecule has 98 valence electrons. The molecule has 0 bridgehead atoms. The number of hydrogen-bond donors (Lipinski definition) is 1. The van der Waals surface area contributed by atoms with Crippen molar-refractivity contribution < 1.29 is 18.3 Å². The van der Waals surface area contributed by atoms with E-state index in [0.29, 0.717) is 0 Å². The van der Waals surface area contributed by atoms with E-state index in [-0.39, 0.29) is 12.2 Å². The Morgan fingerprint density at radius 2 is 1.83 bits per heavy atom. The summed E-state index contributed by atoms with van der Waals surface area (Å²) < 4.78 is 31.6. The van der Waals surface area contributed by atoms with Gasteiger partial charge in [-0.3, -0.25) is 0 Å². The van der Waals surface area contributed by atoms with Gasteiger partial charge in [-0.15, -0.1) is 0 Å². The molecule has 0 fully saturated rings. The Balaban J connectivity index is 0.00000137. The molecule has 3 nitrogen and oxygen atoms in total. The third kappa shape index (κ3) is 3.00. The summed E-state index contributed by atoms with van der Waals surface area (Å²) in [5.41, 5.74) is 3.50. The fourth-order valence-electron chi connectivity index (χ4n) is 1.25. The molecule has 0 aliphatic rings. The van der Waals surface area contributed by atoms with Crippen LogP contribution >= 0.6 is 0 Å². The molecule has 0 saturated carbocycles. The van der Waals surface area contributed by atoms with E-state index < -0.39 is 34.3 Å². The molecule has 0 heterocycles. The molecule has 2 radical (unpaired) electrons. The van der Waals surface area contributed by atoms with Crippen molar-refractivity contribution in [2.75, 3.05) is 12.3 Å². The summed E-state index contributed by atoms with van der Waals surface area (Å²) in [6.45, 7) is 6.85. The Morgan fingerprint density at radius 3 is 2.28 bits per heavy atom. The predicted molar refractivity (Wildman–Crippen MR) is 68.2 cm³/mol. The van der Waals surface area contributed by atoms with Crippen LogP contribution in [0.3, 0.4) is 0 Å². The minimum atomic E-state index is -1.00. The van der Waals surface area contributed by atoms with Crippen LogP contribution in [0.4, 0.5) is 14.5 Å². The number of nitrogens with two attached hydrogens (primary N) is 1. The molecule has 6 heteroatoms. The SMILES string of the molecule is CC.[B]c1c(C)c(F)c(C(=O)OCC)c(N)c1F. The van der Waals surface area contributed by atoms with E-state index in [1.54, 1.807) is 6.92 Å². The van der Waals surface area contributed by atoms with Crippen LogP contribution in [-0.4, -0.2) is 20.4 Å². The number of ether oxygens (including phenoxy) is 1. The number of carbonyl (C=O) groups is 1. The average molecular weight is 255 g/mol. The van der Waals surface area contributed by atoms with Gasteiger partial charge in [-0.05, 0) is 19.4 Å². The first-order valence-electron chi connectivity index (χ1n) is 5.61. The van der Waals surface area contributed by atoms with E-state index in [4.69, 9.17) is 13.6 Å². The zero-order valence-corrected chi connectivity index (χ0v) is 10.9. The van der Waals surface area contributed by atoms with Gasteiger partial charge in [0.25, 0.3) is 0 Å². The standard InChI is InChI=1S/C10H10BF2NO2.C2H6/c1-3-16-10(15)5-7(12)4(2)6(11)8(13)9(5)14;1-2/h3,14H2,1-2H3;1-2H3. The van der Waals surface area contributed by atoms with Crippen molar-refractivity contribution in [1.29, 1.82) is 0 Å². The van der Waals surface area contributed by atoms with E-state index in [1.807, 2.05) is 13.8 Å². The largest absolute Gasteiger partial charge is 0.462 e. The lowest BCUT2D eigenvalue weighted by atomic mass is 9.87. The van der Waals surface area contributed by atoms with Gasteiger partial charge in [0.15, 0.2) is 0 Å². The van der Waals surface area contributed by atoms with Gasteiger partial charge in [0.1, 0.15) is 25.0 Å². The van der Waals surface area contributed by atoms with Crippen molar-refractivity contribution in [1.82, 2.24) is 0 Å². The molecule has 1 rings (SSSR count). The Morgan fingerprint density at radius 1 is 1.33 bits per heavy atom. The normalized spacial score (nSPS) is 9.44. The molecular formula is C12H16BF2NO2. The van der Waals surface area contributed by atoms with Crippen LogP contribution in [0.15, 0.2) is 0 Å². The molecule has 0 aliphatic carbocycles. The fourth-order valence-corrected chi connectivity index (χ4v) is 1.25. The predicted octanol–water partition coefficient (Wildman–Crippen LogP) is 1.85. The quantitative estimate of drug-likeness (QED) is 0.498. The van der Waals surface area contributed by atoms with Crippen LogP contribution in [0.25, 0.3) is 0 Å². The summed E-state index contributed by atoms with van der Waals surface area (Å²) in [6.07, 6.45) is 0.